The van der Waals surface area contributed by atoms with Gasteiger partial charge in [-0.05, 0) is 43.4 Å². The molecule has 110 valence electrons. The third-order valence-corrected chi connectivity index (χ3v) is 3.29. The largest absolute Gasteiger partial charge is 0.381 e. The number of hydrogen-bond donors (Lipinski definition) is 2. The summed E-state index contributed by atoms with van der Waals surface area (Å²) in [5.74, 6) is 0.320. The molecule has 1 aliphatic rings. The van der Waals surface area contributed by atoms with Gasteiger partial charge in [0.15, 0.2) is 0 Å². The molecule has 1 saturated carbocycles. The van der Waals surface area contributed by atoms with Crippen LogP contribution in [0.4, 0.5) is 14.9 Å². The maximum Gasteiger partial charge on any atom is 0.319 e. The summed E-state index contributed by atoms with van der Waals surface area (Å²) in [4.78, 5) is 11.6. The van der Waals surface area contributed by atoms with Crippen molar-refractivity contribution in [2.45, 2.75) is 19.3 Å². The molecule has 0 radical (unpaired) electrons. The maximum absolute atomic E-state index is 12.8. The standard InChI is InChI=1S/C14H18ClFN2O2/c15-12-8-11(16)4-5-13(12)18-14(19)17-6-1-7-20-9-10-2-3-10/h4-5,8,10H,1-3,6-7,9H2,(H2,17,18,19). The monoisotopic (exact) mass is 300 g/mol. The van der Waals surface area contributed by atoms with E-state index in [0.29, 0.717) is 18.8 Å². The van der Waals surface area contributed by atoms with Crippen LogP contribution >= 0.6 is 11.6 Å². The van der Waals surface area contributed by atoms with E-state index in [2.05, 4.69) is 10.6 Å². The van der Waals surface area contributed by atoms with Crippen molar-refractivity contribution in [1.29, 1.82) is 0 Å². The highest BCUT2D eigenvalue weighted by Crippen LogP contribution is 2.28. The summed E-state index contributed by atoms with van der Waals surface area (Å²) in [6.07, 6.45) is 3.31. The summed E-state index contributed by atoms with van der Waals surface area (Å²) in [6.45, 7) is 2.00. The molecule has 1 aromatic carbocycles. The van der Waals surface area contributed by atoms with E-state index >= 15 is 0 Å². The van der Waals surface area contributed by atoms with Crippen molar-refractivity contribution in [3.8, 4) is 0 Å². The smallest absolute Gasteiger partial charge is 0.319 e. The number of anilines is 1. The fourth-order valence-corrected chi connectivity index (χ4v) is 1.88. The molecule has 0 aliphatic heterocycles. The second-order valence-electron chi connectivity index (χ2n) is 4.88. The van der Waals surface area contributed by atoms with Crippen LogP contribution in [0.15, 0.2) is 18.2 Å². The Kier molecular flexibility index (Phi) is 5.61. The van der Waals surface area contributed by atoms with Crippen LogP contribution in [-0.2, 0) is 4.74 Å². The Labute approximate surface area is 122 Å². The van der Waals surface area contributed by atoms with E-state index in [-0.39, 0.29) is 11.1 Å². The number of hydrogen-bond acceptors (Lipinski definition) is 2. The van der Waals surface area contributed by atoms with Crippen molar-refractivity contribution < 1.29 is 13.9 Å². The van der Waals surface area contributed by atoms with Crippen molar-refractivity contribution in [2.24, 2.45) is 5.92 Å². The second-order valence-corrected chi connectivity index (χ2v) is 5.28. The van der Waals surface area contributed by atoms with Crippen LogP contribution < -0.4 is 10.6 Å². The number of ether oxygens (including phenoxy) is 1. The van der Waals surface area contributed by atoms with E-state index in [1.54, 1.807) is 0 Å². The average Bonchev–Trinajstić information content (AvgIpc) is 3.21. The fraction of sp³-hybridized carbons (Fsp3) is 0.500. The molecule has 1 fully saturated rings. The van der Waals surface area contributed by atoms with Crippen molar-refractivity contribution in [3.63, 3.8) is 0 Å². The zero-order valence-corrected chi connectivity index (χ0v) is 11.9. The van der Waals surface area contributed by atoms with Crippen LogP contribution in [0.2, 0.25) is 5.02 Å². The molecule has 0 aromatic heterocycles. The molecule has 1 aliphatic carbocycles. The lowest BCUT2D eigenvalue weighted by atomic mass is 10.3. The number of benzene rings is 1. The number of carbonyl (C=O) groups excluding carboxylic acids is 1. The quantitative estimate of drug-likeness (QED) is 0.758. The first kappa shape index (κ1) is 15.1. The molecule has 0 saturated heterocycles. The average molecular weight is 301 g/mol. The summed E-state index contributed by atoms with van der Waals surface area (Å²) in [5.41, 5.74) is 0.385. The Bertz CT molecular complexity index is 466. The minimum Gasteiger partial charge on any atom is -0.381 e. The molecule has 20 heavy (non-hydrogen) atoms. The van der Waals surface area contributed by atoms with Crippen LogP contribution in [0.5, 0.6) is 0 Å². The predicted octanol–water partition coefficient (Wildman–Crippen LogP) is 3.42. The molecule has 1 aromatic rings. The van der Waals surface area contributed by atoms with Gasteiger partial charge in [0.2, 0.25) is 0 Å². The van der Waals surface area contributed by atoms with Gasteiger partial charge in [-0.3, -0.25) is 0 Å². The highest BCUT2D eigenvalue weighted by atomic mass is 35.5. The highest BCUT2D eigenvalue weighted by molar-refractivity contribution is 6.33. The zero-order valence-electron chi connectivity index (χ0n) is 11.1. The molecule has 2 rings (SSSR count). The van der Waals surface area contributed by atoms with E-state index in [4.69, 9.17) is 16.3 Å². The summed E-state index contributed by atoms with van der Waals surface area (Å²) < 4.78 is 18.3. The van der Waals surface area contributed by atoms with Crippen molar-refractivity contribution >= 4 is 23.3 Å². The molecule has 0 atom stereocenters. The van der Waals surface area contributed by atoms with E-state index in [1.807, 2.05) is 0 Å². The Morgan fingerprint density at radius 1 is 1.45 bits per heavy atom. The molecule has 0 bridgehead atoms. The van der Waals surface area contributed by atoms with Crippen LogP contribution in [0.1, 0.15) is 19.3 Å². The lowest BCUT2D eigenvalue weighted by molar-refractivity contribution is 0.122. The number of urea groups is 1. The summed E-state index contributed by atoms with van der Waals surface area (Å²) >= 11 is 5.81. The first-order chi connectivity index (χ1) is 9.65. The summed E-state index contributed by atoms with van der Waals surface area (Å²) in [5, 5.41) is 5.44. The highest BCUT2D eigenvalue weighted by Gasteiger charge is 2.20. The van der Waals surface area contributed by atoms with Gasteiger partial charge >= 0.3 is 6.03 Å². The zero-order chi connectivity index (χ0) is 14.4. The number of halogens is 2. The minimum atomic E-state index is -0.436. The van der Waals surface area contributed by atoms with Gasteiger partial charge in [-0.15, -0.1) is 0 Å². The van der Waals surface area contributed by atoms with E-state index in [9.17, 15) is 9.18 Å². The molecule has 0 heterocycles. The summed E-state index contributed by atoms with van der Waals surface area (Å²) in [7, 11) is 0. The van der Waals surface area contributed by atoms with Crippen LogP contribution in [0, 0.1) is 11.7 Å². The Morgan fingerprint density at radius 2 is 2.25 bits per heavy atom. The number of carbonyl (C=O) groups is 1. The Hall–Kier alpha value is -1.33. The van der Waals surface area contributed by atoms with Crippen LogP contribution in [0.3, 0.4) is 0 Å². The minimum absolute atomic E-state index is 0.174. The Balaban J connectivity index is 1.59. The van der Waals surface area contributed by atoms with Crippen molar-refractivity contribution in [1.82, 2.24) is 5.32 Å². The third-order valence-electron chi connectivity index (χ3n) is 2.98. The molecular formula is C14H18ClFN2O2. The summed E-state index contributed by atoms with van der Waals surface area (Å²) in [6, 6.07) is 3.47. The first-order valence-electron chi connectivity index (χ1n) is 6.73. The molecule has 4 nitrogen and oxygen atoms in total. The van der Waals surface area contributed by atoms with Gasteiger partial charge < -0.3 is 15.4 Å². The topological polar surface area (TPSA) is 50.4 Å². The van der Waals surface area contributed by atoms with Gasteiger partial charge in [0.25, 0.3) is 0 Å². The van der Waals surface area contributed by atoms with Gasteiger partial charge in [-0.2, -0.15) is 0 Å². The third kappa shape index (κ3) is 5.35. The van der Waals surface area contributed by atoms with Crippen LogP contribution in [0.25, 0.3) is 0 Å². The number of rotatable bonds is 7. The maximum atomic E-state index is 12.8. The number of nitrogens with one attached hydrogen (secondary N) is 2. The lowest BCUT2D eigenvalue weighted by Crippen LogP contribution is -2.30. The van der Waals surface area contributed by atoms with Gasteiger partial charge in [0, 0.05) is 19.8 Å². The molecule has 2 N–H and O–H groups in total. The van der Waals surface area contributed by atoms with Gasteiger partial charge in [0.05, 0.1) is 10.7 Å². The van der Waals surface area contributed by atoms with E-state index in [0.717, 1.165) is 25.0 Å². The van der Waals surface area contributed by atoms with Crippen molar-refractivity contribution in [2.75, 3.05) is 25.1 Å². The SMILES string of the molecule is O=C(NCCCOCC1CC1)Nc1ccc(F)cc1Cl. The molecule has 0 spiro atoms. The second kappa shape index (κ2) is 7.45. The van der Waals surface area contributed by atoms with Crippen molar-refractivity contribution in [3.05, 3.63) is 29.0 Å². The van der Waals surface area contributed by atoms with Crippen LogP contribution in [-0.4, -0.2) is 25.8 Å². The molecular weight excluding hydrogens is 283 g/mol. The van der Waals surface area contributed by atoms with Gasteiger partial charge in [-0.25, -0.2) is 9.18 Å². The number of amides is 2. The first-order valence-corrected chi connectivity index (χ1v) is 7.10. The van der Waals surface area contributed by atoms with Gasteiger partial charge in [-0.1, -0.05) is 11.6 Å². The fourth-order valence-electron chi connectivity index (χ4n) is 1.67. The lowest BCUT2D eigenvalue weighted by Gasteiger charge is -2.09. The van der Waals surface area contributed by atoms with E-state index < -0.39 is 5.82 Å². The molecule has 6 heteroatoms. The van der Waals surface area contributed by atoms with E-state index in [1.165, 1.54) is 25.0 Å². The molecule has 0 unspecified atom stereocenters. The predicted molar refractivity (Wildman–Crippen MR) is 76.6 cm³/mol. The van der Waals surface area contributed by atoms with Gasteiger partial charge in [0.1, 0.15) is 5.82 Å². The normalized spacial score (nSPS) is 14.1. The molecule has 2 amide bonds. The Morgan fingerprint density at radius 3 is 2.95 bits per heavy atom.